The van der Waals surface area contributed by atoms with E-state index in [1.807, 2.05) is 29.6 Å². The highest BCUT2D eigenvalue weighted by atomic mass is 32.1. The zero-order valence-corrected chi connectivity index (χ0v) is 17.6. The number of nitro groups is 1. The van der Waals surface area contributed by atoms with Gasteiger partial charge in [-0.25, -0.2) is 4.98 Å². The average molecular weight is 425 g/mol. The summed E-state index contributed by atoms with van der Waals surface area (Å²) in [7, 11) is 0. The molecule has 0 bridgehead atoms. The Morgan fingerprint density at radius 2 is 2.03 bits per heavy atom. The molecule has 0 unspecified atom stereocenters. The number of ether oxygens (including phenoxy) is 1. The summed E-state index contributed by atoms with van der Waals surface area (Å²) in [4.78, 5) is 14.9. The number of nitrogens with zero attached hydrogens (tertiary/aromatic N) is 3. The summed E-state index contributed by atoms with van der Waals surface area (Å²) in [5.41, 5.74) is 5.25. The van der Waals surface area contributed by atoms with Crippen molar-refractivity contribution in [3.63, 3.8) is 0 Å². The van der Waals surface area contributed by atoms with Crippen molar-refractivity contribution in [1.29, 1.82) is 0 Å². The van der Waals surface area contributed by atoms with Crippen LogP contribution in [-0.4, -0.2) is 22.7 Å². The fourth-order valence-corrected chi connectivity index (χ4v) is 3.44. The molecule has 156 valence electrons. The number of nitrogens with one attached hydrogen (secondary N) is 1. The van der Waals surface area contributed by atoms with E-state index in [9.17, 15) is 10.1 Å². The van der Waals surface area contributed by atoms with E-state index in [2.05, 4.69) is 22.4 Å². The quantitative estimate of drug-likeness (QED) is 0.173. The molecule has 8 heteroatoms. The third kappa shape index (κ3) is 6.38. The molecule has 0 aliphatic carbocycles. The Kier molecular flexibility index (Phi) is 7.91. The molecule has 30 heavy (non-hydrogen) atoms. The minimum atomic E-state index is -0.415. The van der Waals surface area contributed by atoms with E-state index in [1.165, 1.54) is 42.7 Å². The second-order valence-corrected chi connectivity index (χ2v) is 7.55. The number of anilines is 1. The summed E-state index contributed by atoms with van der Waals surface area (Å²) in [6, 6.07) is 14.2. The number of rotatable bonds is 11. The molecule has 3 aromatic rings. The van der Waals surface area contributed by atoms with Gasteiger partial charge in [-0.1, -0.05) is 38.3 Å². The minimum absolute atomic E-state index is 0.0430. The van der Waals surface area contributed by atoms with Gasteiger partial charge in [-0.05, 0) is 36.2 Å². The molecule has 0 saturated carbocycles. The molecule has 1 N–H and O–H groups in total. The van der Waals surface area contributed by atoms with Crippen LogP contribution in [0, 0.1) is 10.1 Å². The molecule has 0 spiro atoms. The first-order valence-corrected chi connectivity index (χ1v) is 10.8. The Morgan fingerprint density at radius 3 is 2.80 bits per heavy atom. The molecule has 0 aliphatic heterocycles. The van der Waals surface area contributed by atoms with Crippen molar-refractivity contribution in [1.82, 2.24) is 4.98 Å². The molecule has 2 aromatic carbocycles. The van der Waals surface area contributed by atoms with Crippen LogP contribution in [0.5, 0.6) is 5.75 Å². The number of non-ortho nitro benzene ring substituents is 1. The summed E-state index contributed by atoms with van der Waals surface area (Å²) in [5.74, 6) is 0.859. The first-order chi connectivity index (χ1) is 14.7. The lowest BCUT2D eigenvalue weighted by Gasteiger charge is -2.05. The lowest BCUT2D eigenvalue weighted by Crippen LogP contribution is -1.97. The molecule has 1 heterocycles. The van der Waals surface area contributed by atoms with Gasteiger partial charge in [-0.3, -0.25) is 15.5 Å². The number of thiazole rings is 1. The van der Waals surface area contributed by atoms with E-state index in [-0.39, 0.29) is 5.69 Å². The van der Waals surface area contributed by atoms with Crippen molar-refractivity contribution in [2.75, 3.05) is 12.0 Å². The Bertz CT molecular complexity index is 986. The van der Waals surface area contributed by atoms with Crippen LogP contribution in [0.1, 0.15) is 38.2 Å². The van der Waals surface area contributed by atoms with Gasteiger partial charge in [0.15, 0.2) is 0 Å². The summed E-state index contributed by atoms with van der Waals surface area (Å²) in [5, 5.41) is 17.6. The van der Waals surface area contributed by atoms with Gasteiger partial charge in [0.25, 0.3) is 5.69 Å². The van der Waals surface area contributed by atoms with E-state index in [0.717, 1.165) is 24.3 Å². The maximum absolute atomic E-state index is 10.9. The van der Waals surface area contributed by atoms with E-state index >= 15 is 0 Å². The monoisotopic (exact) mass is 424 g/mol. The zero-order chi connectivity index (χ0) is 21.2. The van der Waals surface area contributed by atoms with Gasteiger partial charge >= 0.3 is 0 Å². The number of aromatic nitrogens is 1. The first kappa shape index (κ1) is 21.4. The van der Waals surface area contributed by atoms with Crippen LogP contribution < -0.4 is 10.2 Å². The van der Waals surface area contributed by atoms with Crippen LogP contribution >= 0.6 is 11.3 Å². The predicted molar refractivity (Wildman–Crippen MR) is 122 cm³/mol. The van der Waals surface area contributed by atoms with Gasteiger partial charge in [-0.2, -0.15) is 5.10 Å². The normalized spacial score (nSPS) is 11.0. The van der Waals surface area contributed by atoms with E-state index in [0.29, 0.717) is 16.4 Å². The van der Waals surface area contributed by atoms with Crippen LogP contribution in [0.3, 0.4) is 0 Å². The number of benzene rings is 2. The zero-order valence-electron chi connectivity index (χ0n) is 16.8. The molecule has 1 aromatic heterocycles. The Morgan fingerprint density at radius 1 is 1.20 bits per heavy atom. The maximum Gasteiger partial charge on any atom is 0.270 e. The highest BCUT2D eigenvalue weighted by Gasteiger charge is 2.09. The Hall–Kier alpha value is -3.26. The number of hydrogen-bond acceptors (Lipinski definition) is 7. The highest BCUT2D eigenvalue weighted by Crippen LogP contribution is 2.27. The summed E-state index contributed by atoms with van der Waals surface area (Å²) in [6.45, 7) is 2.94. The van der Waals surface area contributed by atoms with Crippen LogP contribution in [0.4, 0.5) is 10.8 Å². The van der Waals surface area contributed by atoms with Crippen molar-refractivity contribution >= 4 is 28.4 Å². The Labute approximate surface area is 179 Å². The molecule has 0 amide bonds. The van der Waals surface area contributed by atoms with Crippen molar-refractivity contribution in [3.05, 3.63) is 69.6 Å². The molecule has 0 saturated heterocycles. The van der Waals surface area contributed by atoms with Gasteiger partial charge < -0.3 is 4.74 Å². The molecule has 0 atom stereocenters. The predicted octanol–water partition coefficient (Wildman–Crippen LogP) is 6.12. The lowest BCUT2D eigenvalue weighted by atomic mass is 10.1. The fourth-order valence-electron chi connectivity index (χ4n) is 2.77. The standard InChI is InChI=1S/C22H24N4O3S/c1-2-3-4-5-13-29-20-11-9-17(10-12-20)15-23-25-22-24-21(16-30-22)18-7-6-8-19(14-18)26(27)28/h6-12,14-16H,2-5,13H2,1H3,(H,24,25)/b23-15+. The van der Waals surface area contributed by atoms with Gasteiger partial charge in [0, 0.05) is 23.1 Å². The molecular formula is C22H24N4O3S. The molecule has 0 aliphatic rings. The van der Waals surface area contributed by atoms with E-state index in [1.54, 1.807) is 18.3 Å². The number of hydrazone groups is 1. The van der Waals surface area contributed by atoms with Gasteiger partial charge in [0.1, 0.15) is 5.75 Å². The van der Waals surface area contributed by atoms with E-state index in [4.69, 9.17) is 4.74 Å². The van der Waals surface area contributed by atoms with Crippen molar-refractivity contribution in [2.45, 2.75) is 32.6 Å². The molecule has 3 rings (SSSR count). The number of nitro benzene ring substituents is 1. The van der Waals surface area contributed by atoms with Crippen LogP contribution in [0.15, 0.2) is 59.0 Å². The summed E-state index contributed by atoms with van der Waals surface area (Å²) >= 11 is 1.38. The largest absolute Gasteiger partial charge is 0.494 e. The fraction of sp³-hybridized carbons (Fsp3) is 0.273. The van der Waals surface area contributed by atoms with Crippen LogP contribution in [-0.2, 0) is 0 Å². The third-order valence-corrected chi connectivity index (χ3v) is 5.12. The van der Waals surface area contributed by atoms with Crippen LogP contribution in [0.2, 0.25) is 0 Å². The van der Waals surface area contributed by atoms with Gasteiger partial charge in [0.05, 0.1) is 23.4 Å². The molecule has 0 fully saturated rings. The first-order valence-electron chi connectivity index (χ1n) is 9.88. The smallest absolute Gasteiger partial charge is 0.270 e. The Balaban J connectivity index is 1.51. The van der Waals surface area contributed by atoms with Crippen LogP contribution in [0.25, 0.3) is 11.3 Å². The molecule has 7 nitrogen and oxygen atoms in total. The van der Waals surface area contributed by atoms with Crippen molar-refractivity contribution in [2.24, 2.45) is 5.10 Å². The third-order valence-electron chi connectivity index (χ3n) is 4.38. The lowest BCUT2D eigenvalue weighted by molar-refractivity contribution is -0.384. The summed E-state index contributed by atoms with van der Waals surface area (Å²) < 4.78 is 5.74. The second-order valence-electron chi connectivity index (χ2n) is 6.69. The minimum Gasteiger partial charge on any atom is -0.494 e. The topological polar surface area (TPSA) is 89.7 Å². The number of hydrogen-bond donors (Lipinski definition) is 1. The molecular weight excluding hydrogens is 400 g/mol. The summed E-state index contributed by atoms with van der Waals surface area (Å²) in [6.07, 6.45) is 6.45. The number of unbranched alkanes of at least 4 members (excludes halogenated alkanes) is 3. The van der Waals surface area contributed by atoms with E-state index < -0.39 is 4.92 Å². The van der Waals surface area contributed by atoms with Crippen molar-refractivity contribution in [3.8, 4) is 17.0 Å². The van der Waals surface area contributed by atoms with Gasteiger partial charge in [-0.15, -0.1) is 11.3 Å². The SMILES string of the molecule is CCCCCCOc1ccc(/C=N/Nc2nc(-c3cccc([N+](=O)[O-])c3)cs2)cc1. The molecule has 0 radical (unpaired) electrons. The average Bonchev–Trinajstić information content (AvgIpc) is 3.24. The second kappa shape index (κ2) is 11.1. The highest BCUT2D eigenvalue weighted by molar-refractivity contribution is 7.14. The van der Waals surface area contributed by atoms with Crippen molar-refractivity contribution < 1.29 is 9.66 Å². The van der Waals surface area contributed by atoms with Gasteiger partial charge in [0.2, 0.25) is 5.13 Å². The maximum atomic E-state index is 10.9.